The van der Waals surface area contributed by atoms with Gasteiger partial charge < -0.3 is 9.64 Å². The Morgan fingerprint density at radius 1 is 1.25 bits per heavy atom. The van der Waals surface area contributed by atoms with E-state index in [0.717, 1.165) is 13.0 Å². The Bertz CT molecular complexity index is 206. The third-order valence-corrected chi connectivity index (χ3v) is 3.20. The Kier molecular flexibility index (Phi) is 6.46. The highest BCUT2D eigenvalue weighted by molar-refractivity contribution is 5.73. The first-order valence-electron chi connectivity index (χ1n) is 6.64. The van der Waals surface area contributed by atoms with Gasteiger partial charge in [0.05, 0.1) is 6.61 Å². The summed E-state index contributed by atoms with van der Waals surface area (Å²) in [7, 11) is 0. The maximum atomic E-state index is 11.3. The molecule has 16 heavy (non-hydrogen) atoms. The summed E-state index contributed by atoms with van der Waals surface area (Å²) < 4.78 is 5.56. The third kappa shape index (κ3) is 4.52. The van der Waals surface area contributed by atoms with Crippen molar-refractivity contribution in [3.63, 3.8) is 0 Å². The summed E-state index contributed by atoms with van der Waals surface area (Å²) in [5.41, 5.74) is 0. The van der Waals surface area contributed by atoms with E-state index in [1.165, 1.54) is 38.5 Å². The van der Waals surface area contributed by atoms with E-state index in [2.05, 4.69) is 6.92 Å². The summed E-state index contributed by atoms with van der Waals surface area (Å²) >= 11 is 0. The van der Waals surface area contributed by atoms with Gasteiger partial charge in [0, 0.05) is 13.5 Å². The van der Waals surface area contributed by atoms with Gasteiger partial charge in [-0.1, -0.05) is 39.0 Å². The Balaban J connectivity index is 2.05. The predicted octanol–water partition coefficient (Wildman–Crippen LogP) is 2.94. The zero-order valence-electron chi connectivity index (χ0n) is 10.7. The fraction of sp³-hybridized carbons (Fsp3) is 0.923. The van der Waals surface area contributed by atoms with Crippen LogP contribution in [0.4, 0.5) is 0 Å². The number of hydrogen-bond acceptors (Lipinski definition) is 2. The molecule has 3 nitrogen and oxygen atoms in total. The van der Waals surface area contributed by atoms with Crippen LogP contribution in [0, 0.1) is 0 Å². The maximum Gasteiger partial charge on any atom is 0.221 e. The molecule has 1 rings (SSSR count). The molecule has 1 aliphatic heterocycles. The standard InChI is InChI=1S/C13H25NO2/c1-3-4-5-6-7-8-9-13-14(12(2)15)10-11-16-13/h13H,3-11H2,1-2H3. The van der Waals surface area contributed by atoms with Gasteiger partial charge in [-0.3, -0.25) is 4.79 Å². The molecule has 0 spiro atoms. The van der Waals surface area contributed by atoms with Crippen LogP contribution in [0.25, 0.3) is 0 Å². The van der Waals surface area contributed by atoms with Crippen LogP contribution in [0.1, 0.15) is 58.8 Å². The quantitative estimate of drug-likeness (QED) is 0.626. The van der Waals surface area contributed by atoms with Crippen LogP contribution < -0.4 is 0 Å². The summed E-state index contributed by atoms with van der Waals surface area (Å²) in [4.78, 5) is 13.1. The van der Waals surface area contributed by atoms with E-state index in [4.69, 9.17) is 4.74 Å². The highest BCUT2D eigenvalue weighted by Crippen LogP contribution is 2.17. The number of amides is 1. The molecule has 1 amide bonds. The van der Waals surface area contributed by atoms with Crippen molar-refractivity contribution < 1.29 is 9.53 Å². The summed E-state index contributed by atoms with van der Waals surface area (Å²) in [5, 5.41) is 0. The van der Waals surface area contributed by atoms with Crippen LogP contribution in [-0.2, 0) is 9.53 Å². The van der Waals surface area contributed by atoms with Gasteiger partial charge >= 0.3 is 0 Å². The molecule has 1 atom stereocenters. The molecule has 0 aromatic heterocycles. The minimum atomic E-state index is 0.0590. The number of hydrogen-bond donors (Lipinski definition) is 0. The van der Waals surface area contributed by atoms with Gasteiger partial charge in [-0.15, -0.1) is 0 Å². The van der Waals surface area contributed by atoms with E-state index in [-0.39, 0.29) is 12.1 Å². The molecule has 1 aliphatic rings. The Hall–Kier alpha value is -0.570. The monoisotopic (exact) mass is 227 g/mol. The second-order valence-electron chi connectivity index (χ2n) is 4.59. The predicted molar refractivity (Wildman–Crippen MR) is 65.1 cm³/mol. The molecular weight excluding hydrogens is 202 g/mol. The van der Waals surface area contributed by atoms with Gasteiger partial charge in [0.1, 0.15) is 6.23 Å². The lowest BCUT2D eigenvalue weighted by atomic mass is 10.1. The average Bonchev–Trinajstić information content (AvgIpc) is 2.71. The van der Waals surface area contributed by atoms with Gasteiger partial charge in [-0.2, -0.15) is 0 Å². The largest absolute Gasteiger partial charge is 0.356 e. The zero-order chi connectivity index (χ0) is 11.8. The smallest absolute Gasteiger partial charge is 0.221 e. The van der Waals surface area contributed by atoms with Crippen molar-refractivity contribution in [2.24, 2.45) is 0 Å². The van der Waals surface area contributed by atoms with Crippen LogP contribution in [0.2, 0.25) is 0 Å². The van der Waals surface area contributed by atoms with Gasteiger partial charge in [-0.25, -0.2) is 0 Å². The second kappa shape index (κ2) is 7.66. The van der Waals surface area contributed by atoms with Gasteiger partial charge in [0.2, 0.25) is 5.91 Å². The molecule has 94 valence electrons. The molecule has 0 N–H and O–H groups in total. The highest BCUT2D eigenvalue weighted by atomic mass is 16.5. The number of carbonyl (C=O) groups is 1. The van der Waals surface area contributed by atoms with Crippen molar-refractivity contribution in [2.75, 3.05) is 13.2 Å². The van der Waals surface area contributed by atoms with E-state index in [9.17, 15) is 4.79 Å². The van der Waals surface area contributed by atoms with Crippen molar-refractivity contribution in [1.82, 2.24) is 4.90 Å². The van der Waals surface area contributed by atoms with Gasteiger partial charge in [0.25, 0.3) is 0 Å². The molecule has 1 heterocycles. The Labute approximate surface area is 99.1 Å². The van der Waals surface area contributed by atoms with E-state index in [1.54, 1.807) is 6.92 Å². The number of rotatable bonds is 7. The molecule has 1 unspecified atom stereocenters. The average molecular weight is 227 g/mol. The highest BCUT2D eigenvalue weighted by Gasteiger charge is 2.26. The molecule has 0 bridgehead atoms. The second-order valence-corrected chi connectivity index (χ2v) is 4.59. The number of ether oxygens (including phenoxy) is 1. The molecule has 0 saturated carbocycles. The summed E-state index contributed by atoms with van der Waals surface area (Å²) in [5.74, 6) is 0.147. The molecular formula is C13H25NO2. The molecule has 1 saturated heterocycles. The number of unbranched alkanes of at least 4 members (excludes halogenated alkanes) is 5. The first-order chi connectivity index (χ1) is 7.75. The summed E-state index contributed by atoms with van der Waals surface area (Å²) in [6, 6.07) is 0. The third-order valence-electron chi connectivity index (χ3n) is 3.20. The van der Waals surface area contributed by atoms with E-state index >= 15 is 0 Å². The summed E-state index contributed by atoms with van der Waals surface area (Å²) in [6.45, 7) is 5.34. The van der Waals surface area contributed by atoms with E-state index in [0.29, 0.717) is 6.61 Å². The molecule has 3 heteroatoms. The van der Waals surface area contributed by atoms with Crippen LogP contribution in [0.5, 0.6) is 0 Å². The van der Waals surface area contributed by atoms with Crippen molar-refractivity contribution in [3.8, 4) is 0 Å². The van der Waals surface area contributed by atoms with Gasteiger partial charge in [-0.05, 0) is 12.8 Å². The first-order valence-corrected chi connectivity index (χ1v) is 6.64. The SMILES string of the molecule is CCCCCCCCC1OCCN1C(C)=O. The fourth-order valence-electron chi connectivity index (χ4n) is 2.22. The number of nitrogens with zero attached hydrogens (tertiary/aromatic N) is 1. The molecule has 0 aliphatic carbocycles. The van der Waals surface area contributed by atoms with Crippen LogP contribution >= 0.6 is 0 Å². The maximum absolute atomic E-state index is 11.3. The van der Waals surface area contributed by atoms with E-state index in [1.807, 2.05) is 4.90 Å². The van der Waals surface area contributed by atoms with Crippen molar-refractivity contribution in [2.45, 2.75) is 65.0 Å². The summed E-state index contributed by atoms with van der Waals surface area (Å²) in [6.07, 6.45) is 8.82. The first kappa shape index (κ1) is 13.5. The van der Waals surface area contributed by atoms with E-state index < -0.39 is 0 Å². The van der Waals surface area contributed by atoms with Crippen molar-refractivity contribution in [1.29, 1.82) is 0 Å². The minimum Gasteiger partial charge on any atom is -0.356 e. The molecule has 0 radical (unpaired) electrons. The van der Waals surface area contributed by atoms with Crippen LogP contribution in [0.3, 0.4) is 0 Å². The normalized spacial score (nSPS) is 20.4. The lowest BCUT2D eigenvalue weighted by molar-refractivity contribution is -0.133. The molecule has 1 fully saturated rings. The molecule has 0 aromatic rings. The Morgan fingerprint density at radius 2 is 1.94 bits per heavy atom. The Morgan fingerprint density at radius 3 is 2.62 bits per heavy atom. The lowest BCUT2D eigenvalue weighted by Gasteiger charge is -2.21. The number of carbonyl (C=O) groups excluding carboxylic acids is 1. The molecule has 0 aromatic carbocycles. The van der Waals surface area contributed by atoms with Crippen LogP contribution in [0.15, 0.2) is 0 Å². The minimum absolute atomic E-state index is 0.0590. The zero-order valence-corrected chi connectivity index (χ0v) is 10.7. The fourth-order valence-corrected chi connectivity index (χ4v) is 2.22. The van der Waals surface area contributed by atoms with Gasteiger partial charge in [0.15, 0.2) is 0 Å². The van der Waals surface area contributed by atoms with Crippen molar-refractivity contribution in [3.05, 3.63) is 0 Å². The topological polar surface area (TPSA) is 29.5 Å². The lowest BCUT2D eigenvalue weighted by Crippen LogP contribution is -2.34. The van der Waals surface area contributed by atoms with Crippen molar-refractivity contribution >= 4 is 5.91 Å². The van der Waals surface area contributed by atoms with Crippen LogP contribution in [-0.4, -0.2) is 30.2 Å².